The fourth-order valence-corrected chi connectivity index (χ4v) is 3.09. The van der Waals surface area contributed by atoms with Gasteiger partial charge >= 0.3 is 0 Å². The first-order valence-corrected chi connectivity index (χ1v) is 8.04. The Morgan fingerprint density at radius 2 is 2.08 bits per heavy atom. The molecule has 2 heterocycles. The normalized spacial score (nSPS) is 15.0. The van der Waals surface area contributed by atoms with Crippen LogP contribution in [0.15, 0.2) is 47.6 Å². The predicted octanol–water partition coefficient (Wildman–Crippen LogP) is 3.09. The maximum absolute atomic E-state index is 11.3. The molecule has 5 nitrogen and oxygen atoms in total. The number of thiocarbonyl (C=S) groups is 1. The van der Waals surface area contributed by atoms with Crippen LogP contribution < -0.4 is 5.32 Å². The van der Waals surface area contributed by atoms with Crippen LogP contribution in [0.3, 0.4) is 0 Å². The Balaban J connectivity index is 1.80. The third-order valence-corrected chi connectivity index (χ3v) is 4.43. The molecule has 0 saturated carbocycles. The fraction of sp³-hybridized carbons (Fsp3) is 0.0588. The van der Waals surface area contributed by atoms with Gasteiger partial charge < -0.3 is 0 Å². The van der Waals surface area contributed by atoms with Crippen molar-refractivity contribution >= 4 is 62.7 Å². The van der Waals surface area contributed by atoms with Gasteiger partial charge in [-0.1, -0.05) is 41.9 Å². The zero-order valence-electron chi connectivity index (χ0n) is 12.4. The van der Waals surface area contributed by atoms with Crippen molar-refractivity contribution < 1.29 is 4.79 Å². The highest BCUT2D eigenvalue weighted by atomic mass is 35.5. The van der Waals surface area contributed by atoms with Gasteiger partial charge in [-0.2, -0.15) is 5.10 Å². The number of carbonyl (C=O) groups is 1. The third kappa shape index (κ3) is 2.60. The van der Waals surface area contributed by atoms with Crippen molar-refractivity contribution in [2.75, 3.05) is 6.54 Å². The van der Waals surface area contributed by atoms with Crippen molar-refractivity contribution in [1.29, 1.82) is 0 Å². The summed E-state index contributed by atoms with van der Waals surface area (Å²) >= 11 is 11.3. The van der Waals surface area contributed by atoms with Crippen molar-refractivity contribution in [3.05, 3.63) is 53.2 Å². The van der Waals surface area contributed by atoms with Gasteiger partial charge in [0, 0.05) is 10.9 Å². The maximum Gasteiger partial charge on any atom is 0.248 e. The highest BCUT2D eigenvalue weighted by Gasteiger charge is 2.22. The van der Waals surface area contributed by atoms with Gasteiger partial charge in [0.15, 0.2) is 5.11 Å². The lowest BCUT2D eigenvalue weighted by molar-refractivity contribution is -0.118. The van der Waals surface area contributed by atoms with Gasteiger partial charge in [0.2, 0.25) is 5.91 Å². The average Bonchev–Trinajstić information content (AvgIpc) is 2.90. The minimum Gasteiger partial charge on any atom is -0.300 e. The summed E-state index contributed by atoms with van der Waals surface area (Å²) in [6.45, 7) is 0.108. The molecule has 24 heavy (non-hydrogen) atoms. The van der Waals surface area contributed by atoms with E-state index in [4.69, 9.17) is 23.8 Å². The molecule has 118 valence electrons. The van der Waals surface area contributed by atoms with Crippen LogP contribution >= 0.6 is 23.8 Å². The van der Waals surface area contributed by atoms with Crippen molar-refractivity contribution in [2.45, 2.75) is 0 Å². The van der Waals surface area contributed by atoms with Crippen LogP contribution in [0.2, 0.25) is 5.15 Å². The average molecular weight is 355 g/mol. The Labute approximate surface area is 147 Å². The lowest BCUT2D eigenvalue weighted by Gasteiger charge is -2.08. The highest BCUT2D eigenvalue weighted by molar-refractivity contribution is 7.80. The van der Waals surface area contributed by atoms with Gasteiger partial charge in [-0.15, -0.1) is 0 Å². The lowest BCUT2D eigenvalue weighted by Crippen LogP contribution is -2.23. The van der Waals surface area contributed by atoms with Crippen LogP contribution in [0.25, 0.3) is 21.7 Å². The monoisotopic (exact) mass is 354 g/mol. The van der Waals surface area contributed by atoms with Crippen molar-refractivity contribution in [3.8, 4) is 0 Å². The van der Waals surface area contributed by atoms with E-state index in [2.05, 4.69) is 21.5 Å². The second kappa shape index (κ2) is 5.81. The molecule has 1 aliphatic heterocycles. The zero-order valence-corrected chi connectivity index (χ0v) is 13.9. The molecule has 0 radical (unpaired) electrons. The molecular weight excluding hydrogens is 344 g/mol. The quantitative estimate of drug-likeness (QED) is 0.332. The van der Waals surface area contributed by atoms with E-state index in [0.717, 1.165) is 21.7 Å². The van der Waals surface area contributed by atoms with Gasteiger partial charge in [0.1, 0.15) is 11.7 Å². The molecule has 1 amide bonds. The van der Waals surface area contributed by atoms with Crippen molar-refractivity contribution in [1.82, 2.24) is 15.3 Å². The zero-order chi connectivity index (χ0) is 16.7. The fourth-order valence-electron chi connectivity index (χ4n) is 2.67. The van der Waals surface area contributed by atoms with Crippen molar-refractivity contribution in [3.63, 3.8) is 0 Å². The topological polar surface area (TPSA) is 57.6 Å². The summed E-state index contributed by atoms with van der Waals surface area (Å²) in [6.07, 6.45) is 1.57. The molecule has 1 fully saturated rings. The number of amides is 1. The van der Waals surface area contributed by atoms with Crippen LogP contribution in [-0.4, -0.2) is 33.8 Å². The minimum absolute atomic E-state index is 0.108. The Kier molecular flexibility index (Phi) is 3.63. The second-order valence-electron chi connectivity index (χ2n) is 5.38. The summed E-state index contributed by atoms with van der Waals surface area (Å²) < 4.78 is 0. The number of nitrogens with one attached hydrogen (secondary N) is 1. The van der Waals surface area contributed by atoms with E-state index in [9.17, 15) is 4.79 Å². The van der Waals surface area contributed by atoms with Crippen LogP contribution in [0.1, 0.15) is 5.56 Å². The standard InChI is InChI=1S/C17H11ClN4OS/c18-16-11(8-19-22-9-15(23)21-17(22)24)7-13-12-4-2-1-3-10(12)5-6-14(13)20-16/h1-8H,9H2,(H,21,23,24). The molecule has 0 atom stereocenters. The van der Waals surface area contributed by atoms with Gasteiger partial charge in [0.25, 0.3) is 0 Å². The van der Waals surface area contributed by atoms with E-state index >= 15 is 0 Å². The maximum atomic E-state index is 11.3. The Hall–Kier alpha value is -2.57. The Bertz CT molecular complexity index is 1030. The molecule has 4 rings (SSSR count). The van der Waals surface area contributed by atoms with Gasteiger partial charge in [-0.05, 0) is 35.1 Å². The summed E-state index contributed by atoms with van der Waals surface area (Å²) in [4.78, 5) is 15.8. The highest BCUT2D eigenvalue weighted by Crippen LogP contribution is 2.27. The molecule has 0 bridgehead atoms. The smallest absolute Gasteiger partial charge is 0.248 e. The summed E-state index contributed by atoms with van der Waals surface area (Å²) in [6, 6.07) is 14.0. The number of hydrazone groups is 1. The number of benzene rings is 2. The first-order valence-electron chi connectivity index (χ1n) is 7.25. The Morgan fingerprint density at radius 1 is 1.25 bits per heavy atom. The first kappa shape index (κ1) is 15.0. The molecule has 0 unspecified atom stereocenters. The van der Waals surface area contributed by atoms with E-state index in [1.54, 1.807) is 6.21 Å². The van der Waals surface area contributed by atoms with E-state index in [-0.39, 0.29) is 17.6 Å². The molecule has 0 spiro atoms. The number of pyridine rings is 1. The molecule has 1 saturated heterocycles. The summed E-state index contributed by atoms with van der Waals surface area (Å²) in [5.41, 5.74) is 1.49. The molecule has 3 aromatic rings. The first-order chi connectivity index (χ1) is 11.6. The van der Waals surface area contributed by atoms with E-state index in [1.807, 2.05) is 36.4 Å². The van der Waals surface area contributed by atoms with Crippen LogP contribution in [-0.2, 0) is 4.79 Å². The largest absolute Gasteiger partial charge is 0.300 e. The minimum atomic E-state index is -0.175. The van der Waals surface area contributed by atoms with Crippen molar-refractivity contribution in [2.24, 2.45) is 5.10 Å². The number of fused-ring (bicyclic) bond motifs is 3. The van der Waals surface area contributed by atoms with Crippen LogP contribution in [0.4, 0.5) is 0 Å². The number of nitrogens with zero attached hydrogens (tertiary/aromatic N) is 3. The number of halogens is 1. The van der Waals surface area contributed by atoms with E-state index in [0.29, 0.717) is 10.7 Å². The molecule has 1 N–H and O–H groups in total. The molecule has 7 heteroatoms. The summed E-state index contributed by atoms with van der Waals surface area (Å²) in [5, 5.41) is 12.0. The summed E-state index contributed by atoms with van der Waals surface area (Å²) in [7, 11) is 0. The SMILES string of the molecule is O=C1CN(N=Cc2cc3c(ccc4ccccc43)nc2Cl)C(=S)N1. The number of carbonyl (C=O) groups excluding carboxylic acids is 1. The predicted molar refractivity (Wildman–Crippen MR) is 99.3 cm³/mol. The van der Waals surface area contributed by atoms with E-state index < -0.39 is 0 Å². The molecule has 0 aliphatic carbocycles. The molecular formula is C17H11ClN4OS. The van der Waals surface area contributed by atoms with Gasteiger partial charge in [0.05, 0.1) is 11.7 Å². The molecule has 2 aromatic carbocycles. The number of aromatic nitrogens is 1. The van der Waals surface area contributed by atoms with Crippen LogP contribution in [0, 0.1) is 0 Å². The van der Waals surface area contributed by atoms with Gasteiger partial charge in [-0.3, -0.25) is 10.1 Å². The molecule has 1 aromatic heterocycles. The number of hydrogen-bond acceptors (Lipinski definition) is 4. The summed E-state index contributed by atoms with van der Waals surface area (Å²) in [5.74, 6) is -0.175. The number of rotatable bonds is 2. The van der Waals surface area contributed by atoms with Gasteiger partial charge in [-0.25, -0.2) is 9.99 Å². The Morgan fingerprint density at radius 3 is 2.88 bits per heavy atom. The van der Waals surface area contributed by atoms with Crippen LogP contribution in [0.5, 0.6) is 0 Å². The lowest BCUT2D eigenvalue weighted by atomic mass is 10.0. The van der Waals surface area contributed by atoms with E-state index in [1.165, 1.54) is 5.01 Å². The second-order valence-corrected chi connectivity index (χ2v) is 6.12. The third-order valence-electron chi connectivity index (χ3n) is 3.81. The number of hydrogen-bond donors (Lipinski definition) is 1. The molecule has 1 aliphatic rings.